The summed E-state index contributed by atoms with van der Waals surface area (Å²) in [7, 11) is 0. The van der Waals surface area contributed by atoms with Crippen LogP contribution in [0.15, 0.2) is 18.5 Å². The number of anilines is 2. The molecule has 1 aromatic heterocycles. The lowest BCUT2D eigenvalue weighted by molar-refractivity contribution is -0.120. The molecule has 0 atom stereocenters. The zero-order valence-corrected chi connectivity index (χ0v) is 9.98. The molecular formula is C13H19N3O. The summed E-state index contributed by atoms with van der Waals surface area (Å²) in [6.07, 6.45) is 10.0. The molecule has 3 N–H and O–H groups in total. The van der Waals surface area contributed by atoms with Gasteiger partial charge in [-0.1, -0.05) is 25.7 Å². The molecule has 0 bridgehead atoms. The number of carbonyl (C=O) groups is 1. The van der Waals surface area contributed by atoms with Crippen LogP contribution in [-0.2, 0) is 4.79 Å². The van der Waals surface area contributed by atoms with Crippen molar-refractivity contribution in [3.63, 3.8) is 0 Å². The number of nitrogens with one attached hydrogen (secondary N) is 1. The van der Waals surface area contributed by atoms with Gasteiger partial charge in [0.2, 0.25) is 5.91 Å². The van der Waals surface area contributed by atoms with E-state index in [4.69, 9.17) is 5.73 Å². The van der Waals surface area contributed by atoms with Crippen molar-refractivity contribution in [3.8, 4) is 0 Å². The van der Waals surface area contributed by atoms with Gasteiger partial charge >= 0.3 is 0 Å². The summed E-state index contributed by atoms with van der Waals surface area (Å²) < 4.78 is 0. The Kier molecular flexibility index (Phi) is 3.96. The van der Waals surface area contributed by atoms with Crippen LogP contribution in [-0.4, -0.2) is 10.9 Å². The van der Waals surface area contributed by atoms with Gasteiger partial charge in [-0.2, -0.15) is 0 Å². The van der Waals surface area contributed by atoms with E-state index in [-0.39, 0.29) is 11.8 Å². The van der Waals surface area contributed by atoms with Crippen molar-refractivity contribution in [2.24, 2.45) is 5.92 Å². The van der Waals surface area contributed by atoms with E-state index >= 15 is 0 Å². The first-order valence-corrected chi connectivity index (χ1v) is 6.28. The van der Waals surface area contributed by atoms with Crippen LogP contribution in [0, 0.1) is 5.92 Å². The summed E-state index contributed by atoms with van der Waals surface area (Å²) in [5, 5.41) is 2.90. The van der Waals surface area contributed by atoms with Crippen LogP contribution in [0.5, 0.6) is 0 Å². The molecule has 2 rings (SSSR count). The van der Waals surface area contributed by atoms with Crippen LogP contribution >= 0.6 is 0 Å². The first-order chi connectivity index (χ1) is 8.27. The van der Waals surface area contributed by atoms with Gasteiger partial charge in [0.15, 0.2) is 0 Å². The predicted molar refractivity (Wildman–Crippen MR) is 68.5 cm³/mol. The van der Waals surface area contributed by atoms with Gasteiger partial charge in [0, 0.05) is 12.1 Å². The Bertz CT molecular complexity index is 384. The minimum absolute atomic E-state index is 0.102. The monoisotopic (exact) mass is 233 g/mol. The molecule has 1 saturated carbocycles. The fourth-order valence-corrected chi connectivity index (χ4v) is 2.30. The Balaban J connectivity index is 1.98. The van der Waals surface area contributed by atoms with Crippen LogP contribution in [0.2, 0.25) is 0 Å². The topological polar surface area (TPSA) is 68.0 Å². The van der Waals surface area contributed by atoms with E-state index in [0.717, 1.165) is 25.7 Å². The van der Waals surface area contributed by atoms with Gasteiger partial charge < -0.3 is 11.1 Å². The first kappa shape index (κ1) is 11.9. The van der Waals surface area contributed by atoms with Crippen molar-refractivity contribution in [1.29, 1.82) is 0 Å². The number of nitrogens with two attached hydrogens (primary N) is 1. The molecule has 1 amide bonds. The average Bonchev–Trinajstić information content (AvgIpc) is 2.61. The Morgan fingerprint density at radius 3 is 2.65 bits per heavy atom. The molecule has 4 nitrogen and oxygen atoms in total. The number of amides is 1. The Hall–Kier alpha value is -1.58. The number of rotatable bonds is 2. The number of carbonyl (C=O) groups excluding carboxylic acids is 1. The molecular weight excluding hydrogens is 214 g/mol. The van der Waals surface area contributed by atoms with Crippen LogP contribution in [0.25, 0.3) is 0 Å². The maximum Gasteiger partial charge on any atom is 0.227 e. The van der Waals surface area contributed by atoms with Crippen molar-refractivity contribution in [2.75, 3.05) is 11.1 Å². The van der Waals surface area contributed by atoms with E-state index in [9.17, 15) is 4.79 Å². The number of hydrogen-bond donors (Lipinski definition) is 2. The summed E-state index contributed by atoms with van der Waals surface area (Å²) in [6.45, 7) is 0. The highest BCUT2D eigenvalue weighted by Gasteiger charge is 2.20. The van der Waals surface area contributed by atoms with E-state index in [1.165, 1.54) is 12.8 Å². The molecule has 1 aliphatic rings. The molecule has 4 heteroatoms. The lowest BCUT2D eigenvalue weighted by Crippen LogP contribution is -2.22. The van der Waals surface area contributed by atoms with Crippen molar-refractivity contribution in [1.82, 2.24) is 4.98 Å². The Labute approximate surface area is 102 Å². The van der Waals surface area contributed by atoms with E-state index in [1.54, 1.807) is 18.5 Å². The fraction of sp³-hybridized carbons (Fsp3) is 0.538. The second-order valence-electron chi connectivity index (χ2n) is 4.64. The summed E-state index contributed by atoms with van der Waals surface area (Å²) in [5.41, 5.74) is 6.95. The molecule has 17 heavy (non-hydrogen) atoms. The minimum atomic E-state index is 0.102. The van der Waals surface area contributed by atoms with Gasteiger partial charge in [-0.25, -0.2) is 0 Å². The lowest BCUT2D eigenvalue weighted by Gasteiger charge is -2.14. The highest BCUT2D eigenvalue weighted by molar-refractivity contribution is 5.95. The van der Waals surface area contributed by atoms with Crippen molar-refractivity contribution in [2.45, 2.75) is 38.5 Å². The summed E-state index contributed by atoms with van der Waals surface area (Å²) in [5.74, 6) is 0.245. The van der Waals surface area contributed by atoms with Crippen LogP contribution in [0.4, 0.5) is 11.4 Å². The third-order valence-corrected chi connectivity index (χ3v) is 3.34. The van der Waals surface area contributed by atoms with Gasteiger partial charge in [-0.05, 0) is 18.9 Å². The number of nitrogen functional groups attached to an aromatic ring is 1. The molecule has 1 aliphatic carbocycles. The van der Waals surface area contributed by atoms with Crippen LogP contribution in [0.1, 0.15) is 38.5 Å². The number of aromatic nitrogens is 1. The molecule has 1 heterocycles. The second kappa shape index (κ2) is 5.66. The molecule has 0 unspecified atom stereocenters. The highest BCUT2D eigenvalue weighted by Crippen LogP contribution is 2.25. The first-order valence-electron chi connectivity index (χ1n) is 6.28. The standard InChI is InChI=1S/C13H19N3O/c14-11-9-15-8-7-12(11)16-13(17)10-5-3-1-2-4-6-10/h7-10H,1-6,14H2,(H,15,16,17). The average molecular weight is 233 g/mol. The maximum absolute atomic E-state index is 12.1. The quantitative estimate of drug-likeness (QED) is 0.771. The molecule has 1 fully saturated rings. The number of nitrogens with zero attached hydrogens (tertiary/aromatic N) is 1. The molecule has 0 radical (unpaired) electrons. The van der Waals surface area contributed by atoms with Crippen molar-refractivity contribution < 1.29 is 4.79 Å². The highest BCUT2D eigenvalue weighted by atomic mass is 16.1. The zero-order valence-electron chi connectivity index (χ0n) is 9.98. The smallest absolute Gasteiger partial charge is 0.227 e. The van der Waals surface area contributed by atoms with Gasteiger partial charge in [0.05, 0.1) is 17.6 Å². The molecule has 0 aliphatic heterocycles. The van der Waals surface area contributed by atoms with Gasteiger partial charge in [0.25, 0.3) is 0 Å². The SMILES string of the molecule is Nc1cnccc1NC(=O)C1CCCCCC1. The second-order valence-corrected chi connectivity index (χ2v) is 4.64. The molecule has 0 saturated heterocycles. The van der Waals surface area contributed by atoms with E-state index in [1.807, 2.05) is 0 Å². The fourth-order valence-electron chi connectivity index (χ4n) is 2.30. The predicted octanol–water partition coefficient (Wildman–Crippen LogP) is 2.57. The molecule has 92 valence electrons. The maximum atomic E-state index is 12.1. The Morgan fingerprint density at radius 1 is 1.29 bits per heavy atom. The minimum Gasteiger partial charge on any atom is -0.396 e. The number of pyridine rings is 1. The zero-order chi connectivity index (χ0) is 12.1. The summed E-state index contributed by atoms with van der Waals surface area (Å²) >= 11 is 0. The normalized spacial score (nSPS) is 17.4. The van der Waals surface area contributed by atoms with Crippen molar-refractivity contribution >= 4 is 17.3 Å². The summed E-state index contributed by atoms with van der Waals surface area (Å²) in [4.78, 5) is 16.0. The van der Waals surface area contributed by atoms with Crippen LogP contribution in [0.3, 0.4) is 0 Å². The van der Waals surface area contributed by atoms with E-state index < -0.39 is 0 Å². The summed E-state index contributed by atoms with van der Waals surface area (Å²) in [6, 6.07) is 1.74. The third-order valence-electron chi connectivity index (χ3n) is 3.34. The largest absolute Gasteiger partial charge is 0.396 e. The van der Waals surface area contributed by atoms with Gasteiger partial charge in [-0.15, -0.1) is 0 Å². The number of hydrogen-bond acceptors (Lipinski definition) is 3. The van der Waals surface area contributed by atoms with Crippen LogP contribution < -0.4 is 11.1 Å². The molecule has 0 aromatic carbocycles. The molecule has 0 spiro atoms. The third kappa shape index (κ3) is 3.19. The molecule has 1 aromatic rings. The van der Waals surface area contributed by atoms with Gasteiger partial charge in [-0.3, -0.25) is 9.78 Å². The Morgan fingerprint density at radius 2 is 2.00 bits per heavy atom. The van der Waals surface area contributed by atoms with Crippen molar-refractivity contribution in [3.05, 3.63) is 18.5 Å². The van der Waals surface area contributed by atoms with E-state index in [0.29, 0.717) is 11.4 Å². The van der Waals surface area contributed by atoms with E-state index in [2.05, 4.69) is 10.3 Å². The van der Waals surface area contributed by atoms with Gasteiger partial charge in [0.1, 0.15) is 0 Å². The lowest BCUT2D eigenvalue weighted by atomic mass is 9.99.